The average Bonchev–Trinajstić information content (AvgIpc) is 2.60. The second-order valence-corrected chi connectivity index (χ2v) is 6.30. The molecule has 0 aromatic heterocycles. The summed E-state index contributed by atoms with van der Waals surface area (Å²) in [6.07, 6.45) is 3.08. The second kappa shape index (κ2) is 17.5. The van der Waals surface area contributed by atoms with E-state index < -0.39 is 0 Å². The molecule has 7 heteroatoms. The van der Waals surface area contributed by atoms with E-state index >= 15 is 0 Å². The van der Waals surface area contributed by atoms with Gasteiger partial charge in [0.15, 0.2) is 0 Å². The molecule has 24 heavy (non-hydrogen) atoms. The Morgan fingerprint density at radius 1 is 0.458 bits per heavy atom. The largest absolute Gasteiger partial charge is 0.396 e. The van der Waals surface area contributed by atoms with E-state index in [-0.39, 0.29) is 26.4 Å². The molecule has 0 saturated heterocycles. The quantitative estimate of drug-likeness (QED) is 0.254. The molecule has 0 atom stereocenters. The number of rotatable bonds is 18. The summed E-state index contributed by atoms with van der Waals surface area (Å²) >= 11 is 0. The number of likely N-dealkylation sites (N-methyl/N-ethyl adjacent to an activating group) is 1. The smallest absolute Gasteiger partial charge is 0.0443 e. The van der Waals surface area contributed by atoms with Crippen LogP contribution in [0.5, 0.6) is 0 Å². The van der Waals surface area contributed by atoms with Crippen molar-refractivity contribution in [2.75, 3.05) is 85.8 Å². The van der Waals surface area contributed by atoms with Crippen molar-refractivity contribution in [2.24, 2.45) is 0 Å². The maximum atomic E-state index is 8.98. The highest BCUT2D eigenvalue weighted by Crippen LogP contribution is 1.98. The van der Waals surface area contributed by atoms with Crippen LogP contribution < -0.4 is 0 Å². The van der Waals surface area contributed by atoms with Crippen molar-refractivity contribution in [2.45, 2.75) is 25.7 Å². The van der Waals surface area contributed by atoms with Crippen LogP contribution in [0, 0.1) is 0 Å². The van der Waals surface area contributed by atoms with Gasteiger partial charge in [0.2, 0.25) is 0 Å². The van der Waals surface area contributed by atoms with Gasteiger partial charge in [0, 0.05) is 78.8 Å². The third-order valence-electron chi connectivity index (χ3n) is 4.13. The highest BCUT2D eigenvalue weighted by atomic mass is 16.3. The Labute approximate surface area is 147 Å². The summed E-state index contributed by atoms with van der Waals surface area (Å²) in [5, 5.41) is 35.9. The first kappa shape index (κ1) is 23.7. The molecule has 0 aliphatic heterocycles. The summed E-state index contributed by atoms with van der Waals surface area (Å²) in [5.41, 5.74) is 0. The fourth-order valence-corrected chi connectivity index (χ4v) is 2.58. The molecule has 0 heterocycles. The van der Waals surface area contributed by atoms with Crippen molar-refractivity contribution >= 4 is 0 Å². The molecule has 4 N–H and O–H groups in total. The Morgan fingerprint density at radius 2 is 0.750 bits per heavy atom. The summed E-state index contributed by atoms with van der Waals surface area (Å²) < 4.78 is 0. The highest BCUT2D eigenvalue weighted by Gasteiger charge is 2.09. The molecule has 0 spiro atoms. The topological polar surface area (TPSA) is 90.6 Å². The number of hydrogen-bond donors (Lipinski definition) is 4. The van der Waals surface area contributed by atoms with Crippen LogP contribution >= 0.6 is 0 Å². The summed E-state index contributed by atoms with van der Waals surface area (Å²) in [5.74, 6) is 0. The van der Waals surface area contributed by atoms with Crippen molar-refractivity contribution in [3.63, 3.8) is 0 Å². The van der Waals surface area contributed by atoms with Gasteiger partial charge in [0.25, 0.3) is 0 Å². The Bertz CT molecular complexity index is 220. The third kappa shape index (κ3) is 14.1. The van der Waals surface area contributed by atoms with Gasteiger partial charge in [-0.3, -0.25) is 0 Å². The van der Waals surface area contributed by atoms with Crippen LogP contribution in [-0.2, 0) is 0 Å². The Morgan fingerprint density at radius 3 is 1.00 bits per heavy atom. The lowest BCUT2D eigenvalue weighted by Crippen LogP contribution is -2.39. The second-order valence-electron chi connectivity index (χ2n) is 6.30. The molecular weight excluding hydrogens is 310 g/mol. The van der Waals surface area contributed by atoms with E-state index in [9.17, 15) is 0 Å². The number of aliphatic hydroxyl groups excluding tert-OH is 4. The lowest BCUT2D eigenvalue weighted by atomic mass is 10.3. The van der Waals surface area contributed by atoms with E-state index in [1.807, 2.05) is 0 Å². The van der Waals surface area contributed by atoms with Crippen molar-refractivity contribution in [3.05, 3.63) is 0 Å². The molecule has 0 aliphatic carbocycles. The summed E-state index contributed by atoms with van der Waals surface area (Å²) in [7, 11) is 2.10. The molecule has 0 bridgehead atoms. The Balaban J connectivity index is 4.05. The van der Waals surface area contributed by atoms with Gasteiger partial charge in [0.1, 0.15) is 0 Å². The maximum absolute atomic E-state index is 8.98. The Hall–Kier alpha value is -0.280. The molecule has 0 amide bonds. The maximum Gasteiger partial charge on any atom is 0.0443 e. The minimum absolute atomic E-state index is 0.205. The number of nitrogens with zero attached hydrogens (tertiary/aromatic N) is 3. The predicted octanol–water partition coefficient (Wildman–Crippen LogP) is -0.948. The highest BCUT2D eigenvalue weighted by molar-refractivity contribution is 4.65. The van der Waals surface area contributed by atoms with Crippen LogP contribution in [0.15, 0.2) is 0 Å². The van der Waals surface area contributed by atoms with Crippen LogP contribution in [0.4, 0.5) is 0 Å². The van der Waals surface area contributed by atoms with Gasteiger partial charge in [-0.15, -0.1) is 0 Å². The predicted molar refractivity (Wildman–Crippen MR) is 97.2 cm³/mol. The molecule has 0 unspecified atom stereocenters. The monoisotopic (exact) mass is 349 g/mol. The standard InChI is InChI=1S/C17H39N3O4/c1-18(10-12-19(6-2-14-21)7-3-15-22)11-13-20(8-4-16-23)9-5-17-24/h21-24H,2-17H2,1H3. The van der Waals surface area contributed by atoms with Crippen LogP contribution in [0.25, 0.3) is 0 Å². The minimum atomic E-state index is 0.205. The first-order valence-corrected chi connectivity index (χ1v) is 9.24. The molecule has 0 rings (SSSR count). The summed E-state index contributed by atoms with van der Waals surface area (Å²) in [6, 6.07) is 0. The van der Waals surface area contributed by atoms with E-state index in [0.29, 0.717) is 0 Å². The molecule has 0 aliphatic rings. The molecular formula is C17H39N3O4. The first-order valence-electron chi connectivity index (χ1n) is 9.24. The molecule has 0 radical (unpaired) electrons. The zero-order chi connectivity index (χ0) is 18.0. The average molecular weight is 350 g/mol. The van der Waals surface area contributed by atoms with Crippen molar-refractivity contribution in [3.8, 4) is 0 Å². The molecule has 0 aromatic carbocycles. The molecule has 146 valence electrons. The number of hydrogen-bond acceptors (Lipinski definition) is 7. The van der Waals surface area contributed by atoms with Crippen molar-refractivity contribution in [1.29, 1.82) is 0 Å². The van der Waals surface area contributed by atoms with Gasteiger partial charge in [0.05, 0.1) is 0 Å². The molecule has 0 saturated carbocycles. The van der Waals surface area contributed by atoms with Crippen LogP contribution in [-0.4, -0.2) is 121 Å². The van der Waals surface area contributed by atoms with Gasteiger partial charge < -0.3 is 35.1 Å². The van der Waals surface area contributed by atoms with E-state index in [0.717, 1.165) is 78.0 Å². The van der Waals surface area contributed by atoms with E-state index in [4.69, 9.17) is 20.4 Å². The van der Waals surface area contributed by atoms with Gasteiger partial charge in [-0.1, -0.05) is 0 Å². The van der Waals surface area contributed by atoms with Crippen molar-refractivity contribution in [1.82, 2.24) is 14.7 Å². The number of aliphatic hydroxyl groups is 4. The van der Waals surface area contributed by atoms with E-state index in [1.54, 1.807) is 0 Å². The lowest BCUT2D eigenvalue weighted by molar-refractivity contribution is 0.164. The van der Waals surface area contributed by atoms with E-state index in [2.05, 4.69) is 21.7 Å². The molecule has 7 nitrogen and oxygen atoms in total. The van der Waals surface area contributed by atoms with Crippen LogP contribution in [0.1, 0.15) is 25.7 Å². The summed E-state index contributed by atoms with van der Waals surface area (Å²) in [6.45, 7) is 8.04. The summed E-state index contributed by atoms with van der Waals surface area (Å²) in [4.78, 5) is 6.87. The first-order chi connectivity index (χ1) is 11.7. The van der Waals surface area contributed by atoms with Crippen LogP contribution in [0.3, 0.4) is 0 Å². The SMILES string of the molecule is CN(CCN(CCCO)CCCO)CCN(CCCO)CCCO. The molecule has 0 fully saturated rings. The van der Waals surface area contributed by atoms with Crippen molar-refractivity contribution < 1.29 is 20.4 Å². The zero-order valence-corrected chi connectivity index (χ0v) is 15.4. The van der Waals surface area contributed by atoms with Gasteiger partial charge in [-0.05, 0) is 32.7 Å². The van der Waals surface area contributed by atoms with Gasteiger partial charge in [-0.2, -0.15) is 0 Å². The fourth-order valence-electron chi connectivity index (χ4n) is 2.58. The minimum Gasteiger partial charge on any atom is -0.396 e. The Kier molecular flexibility index (Phi) is 17.3. The van der Waals surface area contributed by atoms with Crippen LogP contribution in [0.2, 0.25) is 0 Å². The lowest BCUT2D eigenvalue weighted by Gasteiger charge is -2.27. The third-order valence-corrected chi connectivity index (χ3v) is 4.13. The normalized spacial score (nSPS) is 12.0. The zero-order valence-electron chi connectivity index (χ0n) is 15.4. The van der Waals surface area contributed by atoms with E-state index in [1.165, 1.54) is 0 Å². The van der Waals surface area contributed by atoms with Gasteiger partial charge in [-0.25, -0.2) is 0 Å². The fraction of sp³-hybridized carbons (Fsp3) is 1.00. The van der Waals surface area contributed by atoms with Gasteiger partial charge >= 0.3 is 0 Å². The molecule has 0 aromatic rings.